The number of rotatable bonds is 5. The third-order valence-electron chi connectivity index (χ3n) is 3.73. The summed E-state index contributed by atoms with van der Waals surface area (Å²) < 4.78 is 0. The highest BCUT2D eigenvalue weighted by atomic mass is 32.1. The van der Waals surface area contributed by atoms with Crippen LogP contribution in [0.4, 0.5) is 5.13 Å². The second-order valence-corrected chi connectivity index (χ2v) is 6.71. The van der Waals surface area contributed by atoms with Gasteiger partial charge in [0, 0.05) is 12.3 Å². The van der Waals surface area contributed by atoms with Gasteiger partial charge in [0.05, 0.1) is 0 Å². The van der Waals surface area contributed by atoms with Crippen molar-refractivity contribution in [2.75, 3.05) is 5.32 Å². The maximum absolute atomic E-state index is 12.0. The summed E-state index contributed by atoms with van der Waals surface area (Å²) in [5, 5.41) is 12.7. The molecule has 0 atom stereocenters. The van der Waals surface area contributed by atoms with Gasteiger partial charge in [-0.3, -0.25) is 4.79 Å². The molecule has 1 aromatic heterocycles. The van der Waals surface area contributed by atoms with Crippen molar-refractivity contribution in [2.24, 2.45) is 0 Å². The number of carbonyl (C=O) groups is 1. The predicted octanol–water partition coefficient (Wildman–Crippen LogP) is 3.60. The van der Waals surface area contributed by atoms with Gasteiger partial charge in [-0.05, 0) is 44.2 Å². The Morgan fingerprint density at radius 1 is 1.33 bits per heavy atom. The van der Waals surface area contributed by atoms with Gasteiger partial charge in [-0.15, -0.1) is 10.2 Å². The van der Waals surface area contributed by atoms with Crippen LogP contribution in [0.2, 0.25) is 0 Å². The minimum absolute atomic E-state index is 0.00784. The molecule has 1 amide bonds. The molecule has 0 unspecified atom stereocenters. The van der Waals surface area contributed by atoms with Crippen LogP contribution in [0.1, 0.15) is 46.9 Å². The topological polar surface area (TPSA) is 54.9 Å². The molecular formula is C16H19N3OS. The molecule has 0 aliphatic heterocycles. The third-order valence-corrected chi connectivity index (χ3v) is 4.73. The maximum atomic E-state index is 12.0. The Morgan fingerprint density at radius 3 is 2.86 bits per heavy atom. The van der Waals surface area contributed by atoms with Crippen molar-refractivity contribution in [2.45, 2.75) is 45.4 Å². The van der Waals surface area contributed by atoms with Crippen LogP contribution in [-0.4, -0.2) is 16.1 Å². The number of aromatic nitrogens is 2. The number of hydrogen-bond donors (Lipinski definition) is 1. The van der Waals surface area contributed by atoms with Crippen LogP contribution in [0.15, 0.2) is 18.2 Å². The lowest BCUT2D eigenvalue weighted by Gasteiger charge is -2.06. The van der Waals surface area contributed by atoms with Gasteiger partial charge < -0.3 is 5.32 Å². The van der Waals surface area contributed by atoms with Crippen LogP contribution in [0.5, 0.6) is 0 Å². The monoisotopic (exact) mass is 301 g/mol. The highest BCUT2D eigenvalue weighted by Crippen LogP contribution is 2.42. The van der Waals surface area contributed by atoms with Gasteiger partial charge >= 0.3 is 0 Å². The molecule has 2 aromatic rings. The molecule has 3 rings (SSSR count). The summed E-state index contributed by atoms with van der Waals surface area (Å²) in [4.78, 5) is 12.0. The van der Waals surface area contributed by atoms with E-state index in [9.17, 15) is 4.79 Å². The standard InChI is InChI=1S/C16H19N3OS/c1-10-3-4-12(11(2)9-10)7-8-14(20)17-16-19-18-15(21-16)13-5-6-13/h3-4,9,13H,5-8H2,1-2H3,(H,17,19,20). The lowest BCUT2D eigenvalue weighted by molar-refractivity contribution is -0.116. The Hall–Kier alpha value is -1.75. The van der Waals surface area contributed by atoms with E-state index in [0.29, 0.717) is 17.5 Å². The van der Waals surface area contributed by atoms with Crippen molar-refractivity contribution in [1.29, 1.82) is 0 Å². The van der Waals surface area contributed by atoms with E-state index >= 15 is 0 Å². The van der Waals surface area contributed by atoms with Gasteiger partial charge in [-0.2, -0.15) is 0 Å². The summed E-state index contributed by atoms with van der Waals surface area (Å²) in [5.74, 6) is 0.594. The van der Waals surface area contributed by atoms with Crippen molar-refractivity contribution in [3.05, 3.63) is 39.9 Å². The number of nitrogens with zero attached hydrogens (tertiary/aromatic N) is 2. The van der Waals surface area contributed by atoms with Crippen molar-refractivity contribution in [3.63, 3.8) is 0 Å². The third kappa shape index (κ3) is 3.67. The zero-order chi connectivity index (χ0) is 14.8. The van der Waals surface area contributed by atoms with Crippen molar-refractivity contribution < 1.29 is 4.79 Å². The Labute approximate surface area is 128 Å². The van der Waals surface area contributed by atoms with Crippen molar-refractivity contribution in [1.82, 2.24) is 10.2 Å². The lowest BCUT2D eigenvalue weighted by Crippen LogP contribution is -2.12. The Bertz CT molecular complexity index is 661. The number of aryl methyl sites for hydroxylation is 3. The van der Waals surface area contributed by atoms with Gasteiger partial charge in [-0.1, -0.05) is 35.1 Å². The van der Waals surface area contributed by atoms with Gasteiger partial charge in [0.2, 0.25) is 11.0 Å². The first-order chi connectivity index (χ1) is 10.1. The van der Waals surface area contributed by atoms with Gasteiger partial charge in [0.15, 0.2) is 0 Å². The maximum Gasteiger partial charge on any atom is 0.226 e. The Morgan fingerprint density at radius 2 is 2.14 bits per heavy atom. The van der Waals surface area contributed by atoms with Gasteiger partial charge in [-0.25, -0.2) is 0 Å². The van der Waals surface area contributed by atoms with E-state index in [1.54, 1.807) is 0 Å². The summed E-state index contributed by atoms with van der Waals surface area (Å²) in [6, 6.07) is 6.35. The molecule has 0 saturated heterocycles. The molecule has 1 heterocycles. The van der Waals surface area contributed by atoms with Crippen molar-refractivity contribution >= 4 is 22.4 Å². The largest absolute Gasteiger partial charge is 0.301 e. The highest BCUT2D eigenvalue weighted by Gasteiger charge is 2.27. The minimum atomic E-state index is 0.00784. The van der Waals surface area contributed by atoms with Crippen molar-refractivity contribution in [3.8, 4) is 0 Å². The molecule has 0 bridgehead atoms. The minimum Gasteiger partial charge on any atom is -0.301 e. The molecule has 1 fully saturated rings. The van der Waals surface area contributed by atoms with Gasteiger partial charge in [0.1, 0.15) is 5.01 Å². The highest BCUT2D eigenvalue weighted by molar-refractivity contribution is 7.15. The molecule has 1 N–H and O–H groups in total. The van der Waals surface area contributed by atoms with E-state index in [2.05, 4.69) is 47.6 Å². The SMILES string of the molecule is Cc1ccc(CCC(=O)Nc2nnc(C3CC3)s2)c(C)c1. The van der Waals surface area contributed by atoms with Crippen LogP contribution in [0.3, 0.4) is 0 Å². The molecule has 110 valence electrons. The number of carbonyl (C=O) groups excluding carboxylic acids is 1. The lowest BCUT2D eigenvalue weighted by atomic mass is 10.0. The van der Waals surface area contributed by atoms with Crippen LogP contribution in [0.25, 0.3) is 0 Å². The second-order valence-electron chi connectivity index (χ2n) is 5.70. The van der Waals surface area contributed by atoms with Crippen LogP contribution >= 0.6 is 11.3 Å². The van der Waals surface area contributed by atoms with Crippen LogP contribution < -0.4 is 5.32 Å². The summed E-state index contributed by atoms with van der Waals surface area (Å²) in [5.41, 5.74) is 3.73. The fraction of sp³-hybridized carbons (Fsp3) is 0.438. The first-order valence-electron chi connectivity index (χ1n) is 7.31. The number of anilines is 1. The number of nitrogens with one attached hydrogen (secondary N) is 1. The average molecular weight is 301 g/mol. The zero-order valence-corrected chi connectivity index (χ0v) is 13.2. The average Bonchev–Trinajstić information content (AvgIpc) is 3.19. The quantitative estimate of drug-likeness (QED) is 0.918. The summed E-state index contributed by atoms with van der Waals surface area (Å²) >= 11 is 1.50. The van der Waals surface area contributed by atoms with Crippen LogP contribution in [0, 0.1) is 13.8 Å². The van der Waals surface area contributed by atoms with Gasteiger partial charge in [0.25, 0.3) is 0 Å². The molecule has 5 heteroatoms. The molecule has 21 heavy (non-hydrogen) atoms. The molecule has 1 aromatic carbocycles. The smallest absolute Gasteiger partial charge is 0.226 e. The van der Waals surface area contributed by atoms with E-state index < -0.39 is 0 Å². The van der Waals surface area contributed by atoms with E-state index in [0.717, 1.165) is 11.4 Å². The Balaban J connectivity index is 1.53. The molecule has 0 radical (unpaired) electrons. The molecule has 0 spiro atoms. The second kappa shape index (κ2) is 5.93. The number of amides is 1. The summed E-state index contributed by atoms with van der Waals surface area (Å²) in [6.07, 6.45) is 3.64. The normalized spacial score (nSPS) is 14.2. The van der Waals surface area contributed by atoms with E-state index in [4.69, 9.17) is 0 Å². The first kappa shape index (κ1) is 14.2. The molecule has 1 saturated carbocycles. The Kier molecular flexibility index (Phi) is 4.01. The van der Waals surface area contributed by atoms with Crippen LogP contribution in [-0.2, 0) is 11.2 Å². The molecule has 4 nitrogen and oxygen atoms in total. The van der Waals surface area contributed by atoms with E-state index in [-0.39, 0.29) is 5.91 Å². The summed E-state index contributed by atoms with van der Waals surface area (Å²) in [7, 11) is 0. The predicted molar refractivity (Wildman–Crippen MR) is 84.8 cm³/mol. The van der Waals surface area contributed by atoms with E-state index in [1.165, 1.54) is 40.9 Å². The summed E-state index contributed by atoms with van der Waals surface area (Å²) in [6.45, 7) is 4.17. The molecule has 1 aliphatic rings. The number of hydrogen-bond acceptors (Lipinski definition) is 4. The fourth-order valence-electron chi connectivity index (χ4n) is 2.34. The zero-order valence-electron chi connectivity index (χ0n) is 12.3. The number of benzene rings is 1. The fourth-order valence-corrected chi connectivity index (χ4v) is 3.27. The van der Waals surface area contributed by atoms with E-state index in [1.807, 2.05) is 0 Å². The first-order valence-corrected chi connectivity index (χ1v) is 8.13. The molecule has 1 aliphatic carbocycles. The molecular weight excluding hydrogens is 282 g/mol.